The molecule has 2 aromatic rings. The molecule has 0 aliphatic rings. The maximum Gasteiger partial charge on any atom is 0.226 e. The number of amides is 1. The lowest BCUT2D eigenvalue weighted by Gasteiger charge is -2.13. The average molecular weight is 337 g/mol. The molecule has 0 bridgehead atoms. The molecule has 2 aromatic carbocycles. The van der Waals surface area contributed by atoms with Crippen molar-refractivity contribution in [3.8, 4) is 0 Å². The van der Waals surface area contributed by atoms with E-state index in [-0.39, 0.29) is 18.4 Å². The van der Waals surface area contributed by atoms with Crippen LogP contribution in [0.5, 0.6) is 0 Å². The molecule has 1 unspecified atom stereocenters. The maximum absolute atomic E-state index is 13.1. The fourth-order valence-corrected chi connectivity index (χ4v) is 2.16. The SMILES string of the molecule is NC(CC(=O)Nc1cc(F)ccc1Br)c1ccccc1. The zero-order valence-electron chi connectivity index (χ0n) is 10.6. The second-order valence-electron chi connectivity index (χ2n) is 4.39. The third kappa shape index (κ3) is 3.88. The molecule has 104 valence electrons. The molecule has 0 radical (unpaired) electrons. The van der Waals surface area contributed by atoms with Crippen LogP contribution >= 0.6 is 15.9 Å². The zero-order chi connectivity index (χ0) is 14.5. The van der Waals surface area contributed by atoms with Gasteiger partial charge in [0.1, 0.15) is 5.82 Å². The summed E-state index contributed by atoms with van der Waals surface area (Å²) in [6, 6.07) is 13.1. The molecule has 5 heteroatoms. The van der Waals surface area contributed by atoms with E-state index in [9.17, 15) is 9.18 Å². The molecule has 0 saturated carbocycles. The van der Waals surface area contributed by atoms with E-state index in [1.165, 1.54) is 12.1 Å². The second-order valence-corrected chi connectivity index (χ2v) is 5.25. The molecule has 0 heterocycles. The number of rotatable bonds is 4. The van der Waals surface area contributed by atoms with Gasteiger partial charge in [0.05, 0.1) is 5.69 Å². The molecule has 0 aromatic heterocycles. The Morgan fingerprint density at radius 2 is 1.95 bits per heavy atom. The average Bonchev–Trinajstić information content (AvgIpc) is 2.43. The van der Waals surface area contributed by atoms with Crippen LogP contribution in [-0.4, -0.2) is 5.91 Å². The molecule has 2 rings (SSSR count). The van der Waals surface area contributed by atoms with Crippen molar-refractivity contribution < 1.29 is 9.18 Å². The third-order valence-corrected chi connectivity index (χ3v) is 3.53. The normalized spacial score (nSPS) is 11.9. The van der Waals surface area contributed by atoms with Gasteiger partial charge in [-0.2, -0.15) is 0 Å². The summed E-state index contributed by atoms with van der Waals surface area (Å²) in [6.45, 7) is 0. The number of benzene rings is 2. The molecule has 3 nitrogen and oxygen atoms in total. The van der Waals surface area contributed by atoms with Crippen molar-refractivity contribution in [2.75, 3.05) is 5.32 Å². The van der Waals surface area contributed by atoms with Crippen molar-refractivity contribution in [1.82, 2.24) is 0 Å². The van der Waals surface area contributed by atoms with Crippen molar-refractivity contribution in [1.29, 1.82) is 0 Å². The van der Waals surface area contributed by atoms with E-state index in [2.05, 4.69) is 21.2 Å². The zero-order valence-corrected chi connectivity index (χ0v) is 12.2. The van der Waals surface area contributed by atoms with Crippen LogP contribution in [0.25, 0.3) is 0 Å². The van der Waals surface area contributed by atoms with Gasteiger partial charge in [0.2, 0.25) is 5.91 Å². The molecule has 0 aliphatic carbocycles. The fourth-order valence-electron chi connectivity index (χ4n) is 1.81. The van der Waals surface area contributed by atoms with Crippen molar-refractivity contribution in [3.05, 3.63) is 64.4 Å². The molecule has 20 heavy (non-hydrogen) atoms. The lowest BCUT2D eigenvalue weighted by molar-refractivity contribution is -0.116. The lowest BCUT2D eigenvalue weighted by atomic mass is 10.0. The van der Waals surface area contributed by atoms with E-state index >= 15 is 0 Å². The molecule has 0 aliphatic heterocycles. The first-order valence-corrected chi connectivity index (χ1v) is 6.91. The number of carbonyl (C=O) groups excluding carboxylic acids is 1. The van der Waals surface area contributed by atoms with Crippen LogP contribution in [-0.2, 0) is 4.79 Å². The van der Waals surface area contributed by atoms with E-state index in [1.54, 1.807) is 6.07 Å². The third-order valence-electron chi connectivity index (χ3n) is 2.84. The Morgan fingerprint density at radius 1 is 1.25 bits per heavy atom. The Morgan fingerprint density at radius 3 is 2.65 bits per heavy atom. The standard InChI is InChI=1S/C15H14BrFN2O/c16-12-7-6-11(17)8-14(12)19-15(20)9-13(18)10-4-2-1-3-5-10/h1-8,13H,9,18H2,(H,19,20). The van der Waals surface area contributed by atoms with Crippen molar-refractivity contribution in [3.63, 3.8) is 0 Å². The summed E-state index contributed by atoms with van der Waals surface area (Å²) in [5.41, 5.74) is 7.26. The monoisotopic (exact) mass is 336 g/mol. The number of nitrogens with one attached hydrogen (secondary N) is 1. The Hall–Kier alpha value is -1.72. The quantitative estimate of drug-likeness (QED) is 0.895. The first kappa shape index (κ1) is 14.7. The van der Waals surface area contributed by atoms with Crippen LogP contribution in [0.4, 0.5) is 10.1 Å². The molecule has 0 saturated heterocycles. The van der Waals surface area contributed by atoms with E-state index in [4.69, 9.17) is 5.73 Å². The van der Waals surface area contributed by atoms with Gasteiger partial charge in [-0.3, -0.25) is 4.79 Å². The summed E-state index contributed by atoms with van der Waals surface area (Å²) < 4.78 is 13.8. The first-order valence-electron chi connectivity index (χ1n) is 6.11. The number of carbonyl (C=O) groups is 1. The van der Waals surface area contributed by atoms with Crippen LogP contribution in [0, 0.1) is 5.82 Å². The molecule has 1 atom stereocenters. The minimum absolute atomic E-state index is 0.132. The molecular formula is C15H14BrFN2O. The van der Waals surface area contributed by atoms with Crippen molar-refractivity contribution in [2.45, 2.75) is 12.5 Å². The first-order chi connectivity index (χ1) is 9.56. The highest BCUT2D eigenvalue weighted by molar-refractivity contribution is 9.10. The van der Waals surface area contributed by atoms with Gasteiger partial charge in [-0.1, -0.05) is 30.3 Å². The van der Waals surface area contributed by atoms with Gasteiger partial charge in [0.25, 0.3) is 0 Å². The summed E-state index contributed by atoms with van der Waals surface area (Å²) in [7, 11) is 0. The van der Waals surface area contributed by atoms with E-state index < -0.39 is 5.82 Å². The Balaban J connectivity index is 2.01. The van der Waals surface area contributed by atoms with Crippen LogP contribution in [0.2, 0.25) is 0 Å². The lowest BCUT2D eigenvalue weighted by Crippen LogP contribution is -2.20. The van der Waals surface area contributed by atoms with Crippen molar-refractivity contribution in [2.24, 2.45) is 5.73 Å². The highest BCUT2D eigenvalue weighted by Gasteiger charge is 2.13. The van der Waals surface area contributed by atoms with Gasteiger partial charge < -0.3 is 11.1 Å². The number of nitrogens with two attached hydrogens (primary N) is 1. The predicted octanol–water partition coefficient (Wildman–Crippen LogP) is 3.62. The summed E-state index contributed by atoms with van der Waals surface area (Å²) in [4.78, 5) is 11.9. The Bertz CT molecular complexity index is 604. The van der Waals surface area contributed by atoms with Gasteiger partial charge >= 0.3 is 0 Å². The Kier molecular flexibility index (Phi) is 4.87. The van der Waals surface area contributed by atoms with Crippen LogP contribution < -0.4 is 11.1 Å². The van der Waals surface area contributed by atoms with Gasteiger partial charge in [-0.05, 0) is 39.7 Å². The Labute approximate surface area is 125 Å². The van der Waals surface area contributed by atoms with Gasteiger partial charge in [-0.15, -0.1) is 0 Å². The number of anilines is 1. The summed E-state index contributed by atoms with van der Waals surface area (Å²) in [6.07, 6.45) is 0.132. The van der Waals surface area contributed by atoms with Crippen molar-refractivity contribution >= 4 is 27.5 Å². The van der Waals surface area contributed by atoms with Gasteiger partial charge in [0.15, 0.2) is 0 Å². The van der Waals surface area contributed by atoms with Crippen LogP contribution in [0.1, 0.15) is 18.0 Å². The van der Waals surface area contributed by atoms with E-state index in [0.29, 0.717) is 10.2 Å². The molecule has 0 fully saturated rings. The minimum atomic E-state index is -0.407. The van der Waals surface area contributed by atoms with E-state index in [1.807, 2.05) is 30.3 Å². The van der Waals surface area contributed by atoms with Gasteiger partial charge in [0, 0.05) is 16.9 Å². The van der Waals surface area contributed by atoms with Crippen LogP contribution in [0.3, 0.4) is 0 Å². The van der Waals surface area contributed by atoms with E-state index in [0.717, 1.165) is 5.56 Å². The number of halogens is 2. The molecular weight excluding hydrogens is 323 g/mol. The smallest absolute Gasteiger partial charge is 0.226 e. The highest BCUT2D eigenvalue weighted by Crippen LogP contribution is 2.24. The summed E-state index contributed by atoms with van der Waals surface area (Å²) in [5, 5.41) is 2.65. The summed E-state index contributed by atoms with van der Waals surface area (Å²) in [5.74, 6) is -0.663. The maximum atomic E-state index is 13.1. The second kappa shape index (κ2) is 6.63. The van der Waals surface area contributed by atoms with Crippen LogP contribution in [0.15, 0.2) is 53.0 Å². The van der Waals surface area contributed by atoms with Gasteiger partial charge in [-0.25, -0.2) is 4.39 Å². The minimum Gasteiger partial charge on any atom is -0.325 e. The molecule has 3 N–H and O–H groups in total. The topological polar surface area (TPSA) is 55.1 Å². The fraction of sp³-hybridized carbons (Fsp3) is 0.133. The molecule has 0 spiro atoms. The molecule has 1 amide bonds. The largest absolute Gasteiger partial charge is 0.325 e. The summed E-state index contributed by atoms with van der Waals surface area (Å²) >= 11 is 3.26. The number of hydrogen-bond acceptors (Lipinski definition) is 2. The predicted molar refractivity (Wildman–Crippen MR) is 80.7 cm³/mol. The highest BCUT2D eigenvalue weighted by atomic mass is 79.9. The number of hydrogen-bond donors (Lipinski definition) is 2.